The molecule has 17 heavy (non-hydrogen) atoms. The molecule has 1 fully saturated rings. The van der Waals surface area contributed by atoms with E-state index >= 15 is 0 Å². The third kappa shape index (κ3) is 3.40. The lowest BCUT2D eigenvalue weighted by Gasteiger charge is -2.26. The predicted octanol–water partition coefficient (Wildman–Crippen LogP) is 2.44. The Morgan fingerprint density at radius 2 is 2.06 bits per heavy atom. The van der Waals surface area contributed by atoms with Crippen molar-refractivity contribution >= 4 is 17.5 Å². The highest BCUT2D eigenvalue weighted by atomic mass is 35.5. The molecule has 92 valence electrons. The van der Waals surface area contributed by atoms with Gasteiger partial charge >= 0.3 is 0 Å². The SMILES string of the molecule is CC1CCC(NC(=O)c2cncc(Cl)n2)CC1. The van der Waals surface area contributed by atoms with Gasteiger partial charge in [-0.05, 0) is 31.6 Å². The number of hydrogen-bond acceptors (Lipinski definition) is 3. The fourth-order valence-electron chi connectivity index (χ4n) is 2.12. The van der Waals surface area contributed by atoms with E-state index in [1.54, 1.807) is 0 Å². The zero-order valence-electron chi connectivity index (χ0n) is 9.82. The van der Waals surface area contributed by atoms with Crippen LogP contribution >= 0.6 is 11.6 Å². The van der Waals surface area contributed by atoms with Gasteiger partial charge in [0, 0.05) is 6.04 Å². The van der Waals surface area contributed by atoms with E-state index in [4.69, 9.17) is 11.6 Å². The highest BCUT2D eigenvalue weighted by Crippen LogP contribution is 2.23. The number of carbonyl (C=O) groups is 1. The molecule has 1 N–H and O–H groups in total. The number of hydrogen-bond donors (Lipinski definition) is 1. The second kappa shape index (κ2) is 5.45. The zero-order chi connectivity index (χ0) is 12.3. The van der Waals surface area contributed by atoms with Gasteiger partial charge in [-0.25, -0.2) is 4.98 Å². The van der Waals surface area contributed by atoms with Crippen molar-refractivity contribution in [1.29, 1.82) is 0 Å². The molecule has 5 heteroatoms. The number of nitrogens with zero attached hydrogens (tertiary/aromatic N) is 2. The number of nitrogens with one attached hydrogen (secondary N) is 1. The van der Waals surface area contributed by atoms with Crippen molar-refractivity contribution in [2.45, 2.75) is 38.6 Å². The first kappa shape index (κ1) is 12.3. The van der Waals surface area contributed by atoms with Crippen molar-refractivity contribution < 1.29 is 4.79 Å². The minimum atomic E-state index is -0.181. The standard InChI is InChI=1S/C12H16ClN3O/c1-8-2-4-9(5-3-8)15-12(17)10-6-14-7-11(13)16-10/h6-9H,2-5H2,1H3,(H,15,17). The lowest BCUT2D eigenvalue weighted by molar-refractivity contribution is 0.0917. The number of rotatable bonds is 2. The maximum absolute atomic E-state index is 11.9. The molecule has 1 saturated carbocycles. The molecule has 1 heterocycles. The van der Waals surface area contributed by atoms with Crippen molar-refractivity contribution in [2.24, 2.45) is 5.92 Å². The number of carbonyl (C=O) groups excluding carboxylic acids is 1. The first-order chi connectivity index (χ1) is 8.15. The number of amides is 1. The summed E-state index contributed by atoms with van der Waals surface area (Å²) in [6, 6.07) is 0.263. The molecule has 1 aromatic heterocycles. The van der Waals surface area contributed by atoms with Gasteiger partial charge in [0.15, 0.2) is 0 Å². The van der Waals surface area contributed by atoms with Gasteiger partial charge in [-0.3, -0.25) is 9.78 Å². The summed E-state index contributed by atoms with van der Waals surface area (Å²) in [5, 5.41) is 3.23. The van der Waals surface area contributed by atoms with Gasteiger partial charge in [0.2, 0.25) is 0 Å². The maximum atomic E-state index is 11.9. The van der Waals surface area contributed by atoms with Crippen LogP contribution in [0.2, 0.25) is 5.15 Å². The van der Waals surface area contributed by atoms with Crippen LogP contribution in [0.4, 0.5) is 0 Å². The lowest BCUT2D eigenvalue weighted by atomic mass is 9.87. The molecule has 0 spiro atoms. The molecule has 0 atom stereocenters. The van der Waals surface area contributed by atoms with Gasteiger partial charge in [-0.2, -0.15) is 0 Å². The third-order valence-electron chi connectivity index (χ3n) is 3.19. The van der Waals surface area contributed by atoms with E-state index in [1.165, 1.54) is 25.2 Å². The second-order valence-corrected chi connectivity index (χ2v) is 5.04. The Kier molecular flexibility index (Phi) is 3.94. The minimum Gasteiger partial charge on any atom is -0.348 e. The van der Waals surface area contributed by atoms with Gasteiger partial charge in [0.05, 0.1) is 12.4 Å². The molecule has 1 aliphatic carbocycles. The van der Waals surface area contributed by atoms with Crippen LogP contribution in [0.25, 0.3) is 0 Å². The Balaban J connectivity index is 1.93. The molecule has 0 saturated heterocycles. The summed E-state index contributed by atoms with van der Waals surface area (Å²) in [7, 11) is 0. The van der Waals surface area contributed by atoms with Crippen LogP contribution in [0.3, 0.4) is 0 Å². The molecular formula is C12H16ClN3O. The Morgan fingerprint density at radius 1 is 1.35 bits per heavy atom. The molecule has 0 unspecified atom stereocenters. The summed E-state index contributed by atoms with van der Waals surface area (Å²) in [5.41, 5.74) is 0.288. The Hall–Kier alpha value is -1.16. The Bertz CT molecular complexity index is 402. The molecule has 1 amide bonds. The largest absolute Gasteiger partial charge is 0.348 e. The molecule has 0 bridgehead atoms. The molecule has 4 nitrogen and oxygen atoms in total. The van der Waals surface area contributed by atoms with Gasteiger partial charge in [-0.1, -0.05) is 18.5 Å². The van der Waals surface area contributed by atoms with Crippen molar-refractivity contribution in [3.63, 3.8) is 0 Å². The molecule has 1 aromatic rings. The van der Waals surface area contributed by atoms with Crippen molar-refractivity contribution in [3.8, 4) is 0 Å². The summed E-state index contributed by atoms with van der Waals surface area (Å²) >= 11 is 5.70. The number of aromatic nitrogens is 2. The van der Waals surface area contributed by atoms with Crippen LogP contribution in [0.5, 0.6) is 0 Å². The van der Waals surface area contributed by atoms with E-state index in [9.17, 15) is 4.79 Å². The molecule has 0 radical (unpaired) electrons. The summed E-state index contributed by atoms with van der Waals surface area (Å²) in [4.78, 5) is 19.7. The van der Waals surface area contributed by atoms with Crippen LogP contribution in [-0.4, -0.2) is 21.9 Å². The predicted molar refractivity (Wildman–Crippen MR) is 65.9 cm³/mol. The van der Waals surface area contributed by atoms with E-state index in [0.717, 1.165) is 18.8 Å². The van der Waals surface area contributed by atoms with Crippen LogP contribution in [-0.2, 0) is 0 Å². The molecule has 2 rings (SSSR count). The van der Waals surface area contributed by atoms with Gasteiger partial charge in [0.1, 0.15) is 10.8 Å². The monoisotopic (exact) mass is 253 g/mol. The maximum Gasteiger partial charge on any atom is 0.271 e. The van der Waals surface area contributed by atoms with E-state index in [0.29, 0.717) is 0 Å². The van der Waals surface area contributed by atoms with Crippen molar-refractivity contribution in [1.82, 2.24) is 15.3 Å². The molecule has 1 aliphatic rings. The molecule has 0 aliphatic heterocycles. The van der Waals surface area contributed by atoms with E-state index in [-0.39, 0.29) is 22.8 Å². The second-order valence-electron chi connectivity index (χ2n) is 4.66. The van der Waals surface area contributed by atoms with Crippen molar-refractivity contribution in [2.75, 3.05) is 0 Å². The third-order valence-corrected chi connectivity index (χ3v) is 3.37. The fourth-order valence-corrected chi connectivity index (χ4v) is 2.26. The van der Waals surface area contributed by atoms with Crippen molar-refractivity contribution in [3.05, 3.63) is 23.2 Å². The normalized spacial score (nSPS) is 24.4. The Labute approximate surface area is 106 Å². The smallest absolute Gasteiger partial charge is 0.271 e. The first-order valence-corrected chi connectivity index (χ1v) is 6.31. The van der Waals surface area contributed by atoms with Crippen LogP contribution in [0.15, 0.2) is 12.4 Å². The highest BCUT2D eigenvalue weighted by Gasteiger charge is 2.20. The highest BCUT2D eigenvalue weighted by molar-refractivity contribution is 6.29. The van der Waals surface area contributed by atoms with E-state index in [2.05, 4.69) is 22.2 Å². The zero-order valence-corrected chi connectivity index (χ0v) is 10.6. The van der Waals surface area contributed by atoms with E-state index in [1.807, 2.05) is 0 Å². The van der Waals surface area contributed by atoms with Crippen LogP contribution in [0.1, 0.15) is 43.1 Å². The summed E-state index contributed by atoms with van der Waals surface area (Å²) in [5.74, 6) is 0.591. The minimum absolute atomic E-state index is 0.181. The van der Waals surface area contributed by atoms with Crippen LogP contribution in [0, 0.1) is 5.92 Å². The van der Waals surface area contributed by atoms with Gasteiger partial charge in [-0.15, -0.1) is 0 Å². The summed E-state index contributed by atoms with van der Waals surface area (Å²) in [6.07, 6.45) is 7.29. The van der Waals surface area contributed by atoms with Gasteiger partial charge < -0.3 is 5.32 Å². The average molecular weight is 254 g/mol. The fraction of sp³-hybridized carbons (Fsp3) is 0.583. The van der Waals surface area contributed by atoms with Gasteiger partial charge in [0.25, 0.3) is 5.91 Å². The van der Waals surface area contributed by atoms with Crippen LogP contribution < -0.4 is 5.32 Å². The number of halogens is 1. The quantitative estimate of drug-likeness (QED) is 0.881. The lowest BCUT2D eigenvalue weighted by Crippen LogP contribution is -2.37. The topological polar surface area (TPSA) is 54.9 Å². The summed E-state index contributed by atoms with van der Waals surface area (Å²) < 4.78 is 0. The Morgan fingerprint density at radius 3 is 2.71 bits per heavy atom. The van der Waals surface area contributed by atoms with E-state index < -0.39 is 0 Å². The first-order valence-electron chi connectivity index (χ1n) is 5.93. The molecule has 0 aromatic carbocycles. The molecular weight excluding hydrogens is 238 g/mol. The average Bonchev–Trinajstić information content (AvgIpc) is 2.32. The summed E-state index contributed by atoms with van der Waals surface area (Å²) in [6.45, 7) is 2.25.